The molecule has 0 aliphatic carbocycles. The van der Waals surface area contributed by atoms with Crippen LogP contribution in [-0.4, -0.2) is 23.1 Å². The van der Waals surface area contributed by atoms with E-state index in [1.165, 1.54) is 0 Å². The lowest BCUT2D eigenvalue weighted by Crippen LogP contribution is -2.19. The van der Waals surface area contributed by atoms with Crippen molar-refractivity contribution >= 4 is 11.9 Å². The van der Waals surface area contributed by atoms with Crippen molar-refractivity contribution in [2.45, 2.75) is 32.3 Å². The molecule has 0 saturated heterocycles. The van der Waals surface area contributed by atoms with Crippen molar-refractivity contribution in [3.8, 4) is 0 Å². The summed E-state index contributed by atoms with van der Waals surface area (Å²) in [6.45, 7) is 3.46. The van der Waals surface area contributed by atoms with Crippen molar-refractivity contribution in [3.63, 3.8) is 0 Å². The van der Waals surface area contributed by atoms with Gasteiger partial charge in [0, 0.05) is 0 Å². The predicted molar refractivity (Wildman–Crippen MR) is 62.7 cm³/mol. The van der Waals surface area contributed by atoms with Crippen molar-refractivity contribution in [3.05, 3.63) is 35.9 Å². The highest BCUT2D eigenvalue weighted by atomic mass is 16.5. The topological polar surface area (TPSA) is 63.6 Å². The number of hydrogen-bond donors (Lipinski definition) is 1. The number of carbonyl (C=O) groups excluding carboxylic acids is 1. The Morgan fingerprint density at radius 2 is 1.82 bits per heavy atom. The third-order valence-corrected chi connectivity index (χ3v) is 2.24. The molecule has 0 heterocycles. The van der Waals surface area contributed by atoms with Gasteiger partial charge in [-0.15, -0.1) is 0 Å². The molecule has 0 fully saturated rings. The first-order chi connectivity index (χ1) is 8.00. The number of benzene rings is 1. The van der Waals surface area contributed by atoms with Crippen molar-refractivity contribution < 1.29 is 19.4 Å². The molecule has 0 spiro atoms. The van der Waals surface area contributed by atoms with Gasteiger partial charge in [0.2, 0.25) is 0 Å². The number of carbonyl (C=O) groups is 2. The van der Waals surface area contributed by atoms with E-state index < -0.39 is 17.9 Å². The number of carboxylic acid groups (broad SMARTS) is 1. The summed E-state index contributed by atoms with van der Waals surface area (Å²) < 4.78 is 4.95. The number of rotatable bonds is 5. The molecule has 1 aromatic carbocycles. The molecule has 4 heteroatoms. The van der Waals surface area contributed by atoms with Crippen LogP contribution in [0.25, 0.3) is 0 Å². The van der Waals surface area contributed by atoms with Crippen LogP contribution in [0, 0.1) is 0 Å². The van der Waals surface area contributed by atoms with Crippen molar-refractivity contribution in [2.24, 2.45) is 0 Å². The summed E-state index contributed by atoms with van der Waals surface area (Å²) in [5.74, 6) is -2.35. The average Bonchev–Trinajstić information content (AvgIpc) is 2.25. The van der Waals surface area contributed by atoms with Gasteiger partial charge in [-0.3, -0.25) is 9.59 Å². The Labute approximate surface area is 100 Å². The highest BCUT2D eigenvalue weighted by Crippen LogP contribution is 2.20. The number of carboxylic acids is 1. The fraction of sp³-hybridized carbons (Fsp3) is 0.385. The molecule has 0 saturated carbocycles. The van der Waals surface area contributed by atoms with E-state index in [9.17, 15) is 9.59 Å². The van der Waals surface area contributed by atoms with Gasteiger partial charge in [-0.1, -0.05) is 30.3 Å². The number of hydrogen-bond acceptors (Lipinski definition) is 3. The third-order valence-electron chi connectivity index (χ3n) is 2.24. The van der Waals surface area contributed by atoms with Crippen molar-refractivity contribution in [1.82, 2.24) is 0 Å². The lowest BCUT2D eigenvalue weighted by molar-refractivity contribution is -0.151. The molecule has 0 amide bonds. The first-order valence-corrected chi connectivity index (χ1v) is 5.48. The third kappa shape index (κ3) is 4.26. The SMILES string of the molecule is CC(C)OC(=O)CC(C(=O)O)c1ccccc1. The van der Waals surface area contributed by atoms with Crippen LogP contribution in [0.1, 0.15) is 31.7 Å². The molecule has 0 radical (unpaired) electrons. The summed E-state index contributed by atoms with van der Waals surface area (Å²) in [7, 11) is 0. The fourth-order valence-electron chi connectivity index (χ4n) is 1.51. The van der Waals surface area contributed by atoms with E-state index >= 15 is 0 Å². The smallest absolute Gasteiger partial charge is 0.311 e. The molecule has 1 unspecified atom stereocenters. The van der Waals surface area contributed by atoms with Gasteiger partial charge in [0.05, 0.1) is 18.4 Å². The Kier molecular flexibility index (Phi) is 4.69. The van der Waals surface area contributed by atoms with Gasteiger partial charge in [-0.25, -0.2) is 0 Å². The molecule has 17 heavy (non-hydrogen) atoms. The minimum absolute atomic E-state index is 0.141. The summed E-state index contributed by atoms with van der Waals surface area (Å²) >= 11 is 0. The molecule has 1 atom stereocenters. The van der Waals surface area contributed by atoms with Crippen LogP contribution in [0.5, 0.6) is 0 Å². The second-order valence-corrected chi connectivity index (χ2v) is 4.04. The van der Waals surface area contributed by atoms with E-state index in [4.69, 9.17) is 9.84 Å². The van der Waals surface area contributed by atoms with E-state index in [2.05, 4.69) is 0 Å². The van der Waals surface area contributed by atoms with Crippen molar-refractivity contribution in [1.29, 1.82) is 0 Å². The predicted octanol–water partition coefficient (Wildman–Crippen LogP) is 2.20. The highest BCUT2D eigenvalue weighted by molar-refractivity contribution is 5.83. The molecule has 4 nitrogen and oxygen atoms in total. The van der Waals surface area contributed by atoms with Gasteiger partial charge >= 0.3 is 11.9 Å². The molecule has 0 bridgehead atoms. The van der Waals surface area contributed by atoms with E-state index in [1.807, 2.05) is 0 Å². The van der Waals surface area contributed by atoms with Gasteiger partial charge in [-0.05, 0) is 19.4 Å². The first kappa shape index (κ1) is 13.2. The standard InChI is InChI=1S/C13H16O4/c1-9(2)17-12(14)8-11(13(15)16)10-6-4-3-5-7-10/h3-7,9,11H,8H2,1-2H3,(H,15,16). The maximum Gasteiger partial charge on any atom is 0.311 e. The lowest BCUT2D eigenvalue weighted by atomic mass is 9.96. The largest absolute Gasteiger partial charge is 0.481 e. The van der Waals surface area contributed by atoms with Crippen LogP contribution in [0.2, 0.25) is 0 Å². The summed E-state index contributed by atoms with van der Waals surface area (Å²) in [6.07, 6.45) is -0.370. The second kappa shape index (κ2) is 6.03. The van der Waals surface area contributed by atoms with Gasteiger partial charge < -0.3 is 9.84 Å². The average molecular weight is 236 g/mol. The monoisotopic (exact) mass is 236 g/mol. The second-order valence-electron chi connectivity index (χ2n) is 4.04. The maximum atomic E-state index is 11.5. The van der Waals surface area contributed by atoms with E-state index in [-0.39, 0.29) is 12.5 Å². The van der Waals surface area contributed by atoms with Crippen LogP contribution in [-0.2, 0) is 14.3 Å². The Bertz CT molecular complexity index is 384. The highest BCUT2D eigenvalue weighted by Gasteiger charge is 2.24. The van der Waals surface area contributed by atoms with Gasteiger partial charge in [-0.2, -0.15) is 0 Å². The van der Waals surface area contributed by atoms with Gasteiger partial charge in [0.15, 0.2) is 0 Å². The molecule has 0 aliphatic rings. The Morgan fingerprint density at radius 3 is 2.29 bits per heavy atom. The Morgan fingerprint density at radius 1 is 1.24 bits per heavy atom. The van der Waals surface area contributed by atoms with Gasteiger partial charge in [0.1, 0.15) is 0 Å². The zero-order chi connectivity index (χ0) is 12.8. The molecule has 1 rings (SSSR count). The maximum absolute atomic E-state index is 11.5. The molecule has 1 aromatic rings. The lowest BCUT2D eigenvalue weighted by Gasteiger charge is -2.13. The Hall–Kier alpha value is -1.84. The molecular formula is C13H16O4. The van der Waals surface area contributed by atoms with Crippen LogP contribution in [0.15, 0.2) is 30.3 Å². The van der Waals surface area contributed by atoms with Crippen LogP contribution in [0.3, 0.4) is 0 Å². The van der Waals surface area contributed by atoms with Crippen LogP contribution in [0.4, 0.5) is 0 Å². The zero-order valence-corrected chi connectivity index (χ0v) is 9.92. The zero-order valence-electron chi connectivity index (χ0n) is 9.92. The Balaban J connectivity index is 2.75. The van der Waals surface area contributed by atoms with Gasteiger partial charge in [0.25, 0.3) is 0 Å². The molecule has 92 valence electrons. The summed E-state index contributed by atoms with van der Waals surface area (Å²) in [6, 6.07) is 8.69. The quantitative estimate of drug-likeness (QED) is 0.796. The minimum atomic E-state index is -1.02. The fourth-order valence-corrected chi connectivity index (χ4v) is 1.51. The number of esters is 1. The molecular weight excluding hydrogens is 220 g/mol. The summed E-state index contributed by atoms with van der Waals surface area (Å²) in [5, 5.41) is 9.10. The molecule has 1 N–H and O–H groups in total. The number of ether oxygens (including phenoxy) is 1. The van der Waals surface area contributed by atoms with E-state index in [0.717, 1.165) is 0 Å². The number of aliphatic carboxylic acids is 1. The molecule has 0 aromatic heterocycles. The minimum Gasteiger partial charge on any atom is -0.481 e. The normalized spacial score (nSPS) is 12.2. The van der Waals surface area contributed by atoms with Crippen LogP contribution < -0.4 is 0 Å². The molecule has 0 aliphatic heterocycles. The van der Waals surface area contributed by atoms with E-state index in [1.54, 1.807) is 44.2 Å². The van der Waals surface area contributed by atoms with Crippen molar-refractivity contribution in [2.75, 3.05) is 0 Å². The van der Waals surface area contributed by atoms with Crippen LogP contribution >= 0.6 is 0 Å². The van der Waals surface area contributed by atoms with E-state index in [0.29, 0.717) is 5.56 Å². The summed E-state index contributed by atoms with van der Waals surface area (Å²) in [4.78, 5) is 22.6. The first-order valence-electron chi connectivity index (χ1n) is 5.48. The summed E-state index contributed by atoms with van der Waals surface area (Å²) in [5.41, 5.74) is 0.612.